The SMILES string of the molecule is Cc1c(C)c(=O)c2cc3c(=O)c4cc5c(=O)c(C)c(C)c(=O)c5cc4c(=O)c3cc2c1=O. The summed E-state index contributed by atoms with van der Waals surface area (Å²) in [5.74, 6) is 0. The molecule has 156 valence electrons. The zero-order valence-electron chi connectivity index (χ0n) is 17.8. The lowest BCUT2D eigenvalue weighted by Gasteiger charge is -2.07. The molecule has 32 heavy (non-hydrogen) atoms. The summed E-state index contributed by atoms with van der Waals surface area (Å²) < 4.78 is 0. The molecule has 5 aromatic carbocycles. The van der Waals surface area contributed by atoms with E-state index in [9.17, 15) is 28.8 Å². The highest BCUT2D eigenvalue weighted by molar-refractivity contribution is 6.08. The van der Waals surface area contributed by atoms with E-state index < -0.39 is 10.9 Å². The summed E-state index contributed by atoms with van der Waals surface area (Å²) in [6.45, 7) is 6.19. The summed E-state index contributed by atoms with van der Waals surface area (Å²) in [5, 5.41) is 0.362. The third-order valence-corrected chi connectivity index (χ3v) is 6.76. The lowest BCUT2D eigenvalue weighted by Crippen LogP contribution is -2.21. The first-order valence-electron chi connectivity index (χ1n) is 10.0. The van der Waals surface area contributed by atoms with Gasteiger partial charge in [0.05, 0.1) is 0 Å². The topological polar surface area (TPSA) is 102 Å². The summed E-state index contributed by atoms with van der Waals surface area (Å²) in [6, 6.07) is 5.19. The largest absolute Gasteiger partial charge is 0.289 e. The molecular formula is C26H16O6. The fraction of sp³-hybridized carbons (Fsp3) is 0.154. The highest BCUT2D eigenvalue weighted by atomic mass is 16.1. The minimum Gasteiger partial charge on any atom is -0.289 e. The van der Waals surface area contributed by atoms with Crippen LogP contribution in [0.3, 0.4) is 0 Å². The van der Waals surface area contributed by atoms with E-state index in [1.807, 2.05) is 0 Å². The smallest absolute Gasteiger partial charge is 0.194 e. The molecule has 0 amide bonds. The normalized spacial score (nSPS) is 11.9. The minimum atomic E-state index is -0.534. The van der Waals surface area contributed by atoms with E-state index in [-0.39, 0.29) is 64.8 Å². The van der Waals surface area contributed by atoms with Gasteiger partial charge in [-0.3, -0.25) is 28.8 Å². The van der Waals surface area contributed by atoms with E-state index in [1.54, 1.807) is 27.7 Å². The molecule has 0 fully saturated rings. The van der Waals surface area contributed by atoms with Crippen LogP contribution in [0.25, 0.3) is 43.1 Å². The molecule has 5 rings (SSSR count). The van der Waals surface area contributed by atoms with Crippen molar-refractivity contribution < 1.29 is 0 Å². The van der Waals surface area contributed by atoms with Crippen LogP contribution in [-0.2, 0) is 0 Å². The van der Waals surface area contributed by atoms with Crippen molar-refractivity contribution >= 4 is 43.1 Å². The van der Waals surface area contributed by atoms with Crippen LogP contribution in [0.15, 0.2) is 53.0 Å². The summed E-state index contributed by atoms with van der Waals surface area (Å²) >= 11 is 0. The third kappa shape index (κ3) is 2.29. The molecule has 0 N–H and O–H groups in total. The van der Waals surface area contributed by atoms with Crippen molar-refractivity contribution in [1.29, 1.82) is 0 Å². The average Bonchev–Trinajstić information content (AvgIpc) is 2.80. The monoisotopic (exact) mass is 424 g/mol. The van der Waals surface area contributed by atoms with Gasteiger partial charge in [0.2, 0.25) is 0 Å². The molecular weight excluding hydrogens is 408 g/mol. The molecule has 0 bridgehead atoms. The predicted molar refractivity (Wildman–Crippen MR) is 127 cm³/mol. The molecule has 6 heteroatoms. The average molecular weight is 424 g/mol. The molecule has 0 saturated carbocycles. The molecule has 0 unspecified atom stereocenters. The number of hydrogen-bond donors (Lipinski definition) is 0. The fourth-order valence-corrected chi connectivity index (χ4v) is 4.48. The van der Waals surface area contributed by atoms with Crippen LogP contribution < -0.4 is 32.6 Å². The van der Waals surface area contributed by atoms with Gasteiger partial charge in [0.1, 0.15) is 0 Å². The van der Waals surface area contributed by atoms with Crippen LogP contribution in [0.4, 0.5) is 0 Å². The first kappa shape index (κ1) is 19.9. The Labute approximate surface area is 179 Å². The Morgan fingerprint density at radius 1 is 0.312 bits per heavy atom. The van der Waals surface area contributed by atoms with Crippen molar-refractivity contribution in [2.24, 2.45) is 0 Å². The zero-order valence-corrected chi connectivity index (χ0v) is 17.8. The Balaban J connectivity index is 2.12. The summed E-state index contributed by atoms with van der Waals surface area (Å²) in [7, 11) is 0. The van der Waals surface area contributed by atoms with Gasteiger partial charge in [-0.15, -0.1) is 0 Å². The van der Waals surface area contributed by atoms with Gasteiger partial charge < -0.3 is 0 Å². The second kappa shape index (κ2) is 6.23. The van der Waals surface area contributed by atoms with Gasteiger partial charge >= 0.3 is 0 Å². The number of rotatable bonds is 0. The van der Waals surface area contributed by atoms with Crippen molar-refractivity contribution in [3.8, 4) is 0 Å². The fourth-order valence-electron chi connectivity index (χ4n) is 4.48. The van der Waals surface area contributed by atoms with E-state index >= 15 is 0 Å². The quantitative estimate of drug-likeness (QED) is 0.353. The number of benzene rings is 5. The van der Waals surface area contributed by atoms with Crippen molar-refractivity contribution in [1.82, 2.24) is 0 Å². The molecule has 6 nitrogen and oxygen atoms in total. The van der Waals surface area contributed by atoms with Gasteiger partial charge in [-0.1, -0.05) is 0 Å². The molecule has 0 heterocycles. The predicted octanol–water partition coefficient (Wildman–Crippen LogP) is 2.01. The van der Waals surface area contributed by atoms with E-state index in [0.717, 1.165) is 0 Å². The van der Waals surface area contributed by atoms with E-state index in [2.05, 4.69) is 0 Å². The maximum atomic E-state index is 13.3. The highest BCUT2D eigenvalue weighted by Crippen LogP contribution is 2.21. The molecule has 0 saturated heterocycles. The van der Waals surface area contributed by atoms with Gasteiger partial charge in [-0.2, -0.15) is 0 Å². The van der Waals surface area contributed by atoms with Crippen LogP contribution in [-0.4, -0.2) is 0 Å². The summed E-state index contributed by atoms with van der Waals surface area (Å²) in [4.78, 5) is 77.6. The zero-order chi connectivity index (χ0) is 23.2. The molecule has 5 aromatic rings. The highest BCUT2D eigenvalue weighted by Gasteiger charge is 2.19. The maximum Gasteiger partial charge on any atom is 0.194 e. The van der Waals surface area contributed by atoms with Crippen LogP contribution in [0, 0.1) is 27.7 Å². The minimum absolute atomic E-state index is 0.00716. The molecule has 0 spiro atoms. The van der Waals surface area contributed by atoms with Crippen molar-refractivity contribution in [3.63, 3.8) is 0 Å². The molecule has 0 aliphatic rings. The lowest BCUT2D eigenvalue weighted by molar-refractivity contribution is 1.29. The van der Waals surface area contributed by atoms with Gasteiger partial charge in [0.25, 0.3) is 0 Å². The van der Waals surface area contributed by atoms with Crippen molar-refractivity contribution in [3.05, 3.63) is 108 Å². The number of fused-ring (bicyclic) bond motifs is 4. The van der Waals surface area contributed by atoms with Crippen LogP contribution >= 0.6 is 0 Å². The van der Waals surface area contributed by atoms with Gasteiger partial charge in [-0.25, -0.2) is 0 Å². The summed E-state index contributed by atoms with van der Waals surface area (Å²) in [6.07, 6.45) is 0. The second-order valence-electron chi connectivity index (χ2n) is 8.36. The Bertz CT molecular complexity index is 1740. The standard InChI is InChI=1S/C26H16O6/c1-9-10(2)22(28)14-6-18-17(5-13(14)21(9)27)25(31)19-7-15-16(8-20(19)26(18)32)24(30)12(4)11(3)23(15)29/h5-8H,1-4H3. The Kier molecular flexibility index (Phi) is 3.87. The van der Waals surface area contributed by atoms with Crippen LogP contribution in [0.2, 0.25) is 0 Å². The van der Waals surface area contributed by atoms with Gasteiger partial charge in [0.15, 0.2) is 32.6 Å². The van der Waals surface area contributed by atoms with E-state index in [4.69, 9.17) is 0 Å². The van der Waals surface area contributed by atoms with Crippen molar-refractivity contribution in [2.45, 2.75) is 27.7 Å². The van der Waals surface area contributed by atoms with Gasteiger partial charge in [0, 0.05) is 65.3 Å². The van der Waals surface area contributed by atoms with Crippen LogP contribution in [0.1, 0.15) is 22.3 Å². The Morgan fingerprint density at radius 3 is 0.656 bits per heavy atom. The second-order valence-corrected chi connectivity index (χ2v) is 8.36. The molecule has 0 atom stereocenters. The maximum absolute atomic E-state index is 13.3. The molecule has 0 aliphatic carbocycles. The molecule has 0 aliphatic heterocycles. The first-order valence-corrected chi connectivity index (χ1v) is 10.0. The first-order chi connectivity index (χ1) is 15.0. The Morgan fingerprint density at radius 2 is 0.469 bits per heavy atom. The lowest BCUT2D eigenvalue weighted by atomic mass is 9.93. The third-order valence-electron chi connectivity index (χ3n) is 6.76. The molecule has 0 radical (unpaired) electrons. The van der Waals surface area contributed by atoms with Gasteiger partial charge in [-0.05, 0) is 52.0 Å². The molecule has 0 aromatic heterocycles. The number of hydrogen-bond acceptors (Lipinski definition) is 6. The summed E-state index contributed by atoms with van der Waals surface area (Å²) in [5.41, 5.74) is -1.34. The van der Waals surface area contributed by atoms with Crippen LogP contribution in [0.5, 0.6) is 0 Å². The van der Waals surface area contributed by atoms with E-state index in [0.29, 0.717) is 22.3 Å². The Hall–Kier alpha value is -4.06. The van der Waals surface area contributed by atoms with E-state index in [1.165, 1.54) is 24.3 Å². The van der Waals surface area contributed by atoms with Crippen molar-refractivity contribution in [2.75, 3.05) is 0 Å².